The van der Waals surface area contributed by atoms with Crippen molar-refractivity contribution in [3.8, 4) is 5.88 Å². The van der Waals surface area contributed by atoms with Gasteiger partial charge in [-0.1, -0.05) is 0 Å². The fourth-order valence-electron chi connectivity index (χ4n) is 3.59. The molecule has 2 aliphatic heterocycles. The SMILES string of the molecule is O=C(c1ccc(OCC2CCOCC2)nc1)N1CCCCC1CCO. The van der Waals surface area contributed by atoms with Crippen LogP contribution in [0.1, 0.15) is 48.9 Å². The number of hydrogen-bond acceptors (Lipinski definition) is 5. The molecule has 2 aliphatic rings. The van der Waals surface area contributed by atoms with Gasteiger partial charge in [0.25, 0.3) is 5.91 Å². The minimum Gasteiger partial charge on any atom is -0.477 e. The van der Waals surface area contributed by atoms with Crippen molar-refractivity contribution in [2.75, 3.05) is 33.0 Å². The zero-order valence-corrected chi connectivity index (χ0v) is 14.7. The Morgan fingerprint density at radius 3 is 2.84 bits per heavy atom. The van der Waals surface area contributed by atoms with Gasteiger partial charge in [0.2, 0.25) is 5.88 Å². The van der Waals surface area contributed by atoms with E-state index in [0.717, 1.165) is 51.9 Å². The van der Waals surface area contributed by atoms with Gasteiger partial charge in [-0.05, 0) is 50.5 Å². The molecule has 1 aromatic rings. The molecule has 0 spiro atoms. The predicted octanol–water partition coefficient (Wildman–Crippen LogP) is 2.26. The van der Waals surface area contributed by atoms with Crippen LogP contribution in [0.4, 0.5) is 0 Å². The van der Waals surface area contributed by atoms with Crippen LogP contribution in [0.3, 0.4) is 0 Å². The second kappa shape index (κ2) is 9.15. The number of aliphatic hydroxyl groups is 1. The molecular weight excluding hydrogens is 320 g/mol. The van der Waals surface area contributed by atoms with Crippen LogP contribution < -0.4 is 4.74 Å². The van der Waals surface area contributed by atoms with E-state index >= 15 is 0 Å². The fourth-order valence-corrected chi connectivity index (χ4v) is 3.59. The Morgan fingerprint density at radius 1 is 1.28 bits per heavy atom. The molecule has 3 heterocycles. The summed E-state index contributed by atoms with van der Waals surface area (Å²) in [6.45, 7) is 3.13. The molecule has 0 saturated carbocycles. The first kappa shape index (κ1) is 18.1. The third-order valence-electron chi connectivity index (χ3n) is 5.14. The molecule has 138 valence electrons. The number of carbonyl (C=O) groups is 1. The van der Waals surface area contributed by atoms with Gasteiger partial charge in [-0.15, -0.1) is 0 Å². The third kappa shape index (κ3) is 4.92. The monoisotopic (exact) mass is 348 g/mol. The smallest absolute Gasteiger partial charge is 0.255 e. The maximum Gasteiger partial charge on any atom is 0.255 e. The lowest BCUT2D eigenvalue weighted by Crippen LogP contribution is -2.44. The average Bonchev–Trinajstić information content (AvgIpc) is 2.68. The molecule has 1 atom stereocenters. The van der Waals surface area contributed by atoms with Crippen molar-refractivity contribution in [3.63, 3.8) is 0 Å². The van der Waals surface area contributed by atoms with Crippen LogP contribution in [0.25, 0.3) is 0 Å². The van der Waals surface area contributed by atoms with Gasteiger partial charge in [-0.25, -0.2) is 4.98 Å². The highest BCUT2D eigenvalue weighted by Crippen LogP contribution is 2.22. The molecule has 1 aromatic heterocycles. The third-order valence-corrected chi connectivity index (χ3v) is 5.14. The normalized spacial score (nSPS) is 22.0. The van der Waals surface area contributed by atoms with Crippen molar-refractivity contribution in [2.45, 2.75) is 44.6 Å². The lowest BCUT2D eigenvalue weighted by atomic mass is 9.98. The van der Waals surface area contributed by atoms with Crippen LogP contribution in [0.2, 0.25) is 0 Å². The number of likely N-dealkylation sites (tertiary alicyclic amines) is 1. The van der Waals surface area contributed by atoms with Crippen LogP contribution >= 0.6 is 0 Å². The van der Waals surface area contributed by atoms with E-state index in [1.807, 2.05) is 4.90 Å². The van der Waals surface area contributed by atoms with E-state index in [1.54, 1.807) is 18.3 Å². The van der Waals surface area contributed by atoms with Crippen molar-refractivity contribution in [1.82, 2.24) is 9.88 Å². The topological polar surface area (TPSA) is 71.9 Å². The van der Waals surface area contributed by atoms with Gasteiger partial charge >= 0.3 is 0 Å². The number of rotatable bonds is 6. The number of aliphatic hydroxyl groups excluding tert-OH is 1. The summed E-state index contributed by atoms with van der Waals surface area (Å²) in [6, 6.07) is 3.70. The Bertz CT molecular complexity index is 541. The summed E-state index contributed by atoms with van der Waals surface area (Å²) in [7, 11) is 0. The minimum atomic E-state index is 0.00151. The van der Waals surface area contributed by atoms with Crippen LogP contribution in [-0.2, 0) is 4.74 Å². The van der Waals surface area contributed by atoms with Gasteiger partial charge in [0.05, 0.1) is 12.2 Å². The highest BCUT2D eigenvalue weighted by molar-refractivity contribution is 5.94. The highest BCUT2D eigenvalue weighted by atomic mass is 16.5. The number of amides is 1. The molecule has 1 amide bonds. The van der Waals surface area contributed by atoms with Crippen molar-refractivity contribution in [1.29, 1.82) is 0 Å². The maximum absolute atomic E-state index is 12.8. The van der Waals surface area contributed by atoms with Gasteiger partial charge in [0, 0.05) is 44.7 Å². The Kier molecular flexibility index (Phi) is 6.64. The number of ether oxygens (including phenoxy) is 2. The standard InChI is InChI=1S/C19H28N2O4/c22-10-6-17-3-1-2-9-21(17)19(23)16-4-5-18(20-13-16)25-14-15-7-11-24-12-8-15/h4-5,13,15,17,22H,1-3,6-12,14H2. The van der Waals surface area contributed by atoms with E-state index in [0.29, 0.717) is 30.4 Å². The molecule has 0 aromatic carbocycles. The second-order valence-electron chi connectivity index (χ2n) is 6.91. The van der Waals surface area contributed by atoms with Crippen molar-refractivity contribution in [2.24, 2.45) is 5.92 Å². The molecule has 0 bridgehead atoms. The molecule has 1 unspecified atom stereocenters. The van der Waals surface area contributed by atoms with Crippen molar-refractivity contribution < 1.29 is 19.4 Å². The molecule has 0 aliphatic carbocycles. The Morgan fingerprint density at radius 2 is 2.12 bits per heavy atom. The fraction of sp³-hybridized carbons (Fsp3) is 0.684. The number of piperidine rings is 1. The van der Waals surface area contributed by atoms with Crippen LogP contribution in [0.5, 0.6) is 5.88 Å². The summed E-state index contributed by atoms with van der Waals surface area (Å²) in [5, 5.41) is 9.22. The van der Waals surface area contributed by atoms with Crippen LogP contribution in [-0.4, -0.2) is 59.9 Å². The Labute approximate surface area is 149 Å². The van der Waals surface area contributed by atoms with E-state index in [1.165, 1.54) is 0 Å². The Hall–Kier alpha value is -1.66. The zero-order chi connectivity index (χ0) is 17.5. The summed E-state index contributed by atoms with van der Waals surface area (Å²) < 4.78 is 11.1. The molecule has 2 saturated heterocycles. The molecule has 6 nitrogen and oxygen atoms in total. The highest BCUT2D eigenvalue weighted by Gasteiger charge is 2.27. The molecule has 6 heteroatoms. The number of carbonyl (C=O) groups excluding carboxylic acids is 1. The van der Waals surface area contributed by atoms with Gasteiger partial charge in [-0.3, -0.25) is 4.79 Å². The first-order valence-corrected chi connectivity index (χ1v) is 9.36. The molecule has 25 heavy (non-hydrogen) atoms. The molecule has 1 N–H and O–H groups in total. The summed E-state index contributed by atoms with van der Waals surface area (Å²) in [5.74, 6) is 1.08. The first-order chi connectivity index (χ1) is 12.3. The van der Waals surface area contributed by atoms with Crippen LogP contribution in [0.15, 0.2) is 18.3 Å². The quantitative estimate of drug-likeness (QED) is 0.854. The summed E-state index contributed by atoms with van der Waals surface area (Å²) in [6.07, 6.45) is 7.40. The first-order valence-electron chi connectivity index (χ1n) is 9.36. The van der Waals surface area contributed by atoms with E-state index in [9.17, 15) is 9.90 Å². The number of pyridine rings is 1. The van der Waals surface area contributed by atoms with E-state index < -0.39 is 0 Å². The van der Waals surface area contributed by atoms with Gasteiger partial charge in [0.15, 0.2) is 0 Å². The molecule has 3 rings (SSSR count). The van der Waals surface area contributed by atoms with E-state index in [2.05, 4.69) is 4.98 Å². The van der Waals surface area contributed by atoms with Gasteiger partial charge < -0.3 is 19.5 Å². The van der Waals surface area contributed by atoms with Crippen molar-refractivity contribution >= 4 is 5.91 Å². The summed E-state index contributed by atoms with van der Waals surface area (Å²) in [4.78, 5) is 18.9. The van der Waals surface area contributed by atoms with Crippen LogP contribution in [0, 0.1) is 5.92 Å². The molecule has 0 radical (unpaired) electrons. The zero-order valence-electron chi connectivity index (χ0n) is 14.7. The lowest BCUT2D eigenvalue weighted by Gasteiger charge is -2.35. The molecular formula is C19H28N2O4. The van der Waals surface area contributed by atoms with Gasteiger partial charge in [0.1, 0.15) is 0 Å². The number of nitrogens with zero attached hydrogens (tertiary/aromatic N) is 2. The summed E-state index contributed by atoms with van der Waals surface area (Å²) in [5.41, 5.74) is 0.586. The van der Waals surface area contributed by atoms with Gasteiger partial charge in [-0.2, -0.15) is 0 Å². The van der Waals surface area contributed by atoms with E-state index in [4.69, 9.17) is 9.47 Å². The number of aromatic nitrogens is 1. The lowest BCUT2D eigenvalue weighted by molar-refractivity contribution is 0.0489. The Balaban J connectivity index is 1.56. The average molecular weight is 348 g/mol. The minimum absolute atomic E-state index is 0.00151. The molecule has 2 fully saturated rings. The van der Waals surface area contributed by atoms with E-state index in [-0.39, 0.29) is 18.6 Å². The van der Waals surface area contributed by atoms with Crippen molar-refractivity contribution in [3.05, 3.63) is 23.9 Å². The second-order valence-corrected chi connectivity index (χ2v) is 6.91. The predicted molar refractivity (Wildman–Crippen MR) is 93.7 cm³/mol. The maximum atomic E-state index is 12.8. The largest absolute Gasteiger partial charge is 0.477 e. The number of hydrogen-bond donors (Lipinski definition) is 1. The summed E-state index contributed by atoms with van der Waals surface area (Å²) >= 11 is 0.